The minimum absolute atomic E-state index is 0.0293. The number of amides is 2. The van der Waals surface area contributed by atoms with E-state index in [4.69, 9.17) is 43.3 Å². The lowest BCUT2D eigenvalue weighted by molar-refractivity contribution is -0.132. The molecule has 0 aromatic heterocycles. The Morgan fingerprint density at radius 3 is 2.56 bits per heavy atom. The Kier molecular flexibility index (Phi) is 11.1. The Hall–Kier alpha value is -3.94. The van der Waals surface area contributed by atoms with Crippen molar-refractivity contribution in [3.63, 3.8) is 0 Å². The van der Waals surface area contributed by atoms with Gasteiger partial charge in [-0.1, -0.05) is 34.2 Å². The predicted molar refractivity (Wildman–Crippen MR) is 153 cm³/mol. The van der Waals surface area contributed by atoms with Crippen molar-refractivity contribution in [3.05, 3.63) is 40.8 Å². The number of nitrogens with two attached hydrogens (primary N) is 3. The molecule has 19 heteroatoms. The first-order valence-electron chi connectivity index (χ1n) is 13.4. The van der Waals surface area contributed by atoms with Crippen LogP contribution in [0.3, 0.4) is 0 Å². The predicted octanol–water partition coefficient (Wildman–Crippen LogP) is -0.844. The van der Waals surface area contributed by atoms with Crippen molar-refractivity contribution in [2.45, 2.75) is 37.1 Å². The van der Waals surface area contributed by atoms with Crippen LogP contribution in [-0.2, 0) is 25.5 Å². The third-order valence-corrected chi connectivity index (χ3v) is 7.43. The Morgan fingerprint density at radius 2 is 1.88 bits per heavy atom. The van der Waals surface area contributed by atoms with Gasteiger partial charge in [-0.2, -0.15) is 0 Å². The van der Waals surface area contributed by atoms with Gasteiger partial charge >= 0.3 is 0 Å². The molecule has 2 amide bonds. The van der Waals surface area contributed by atoms with Gasteiger partial charge in [0.2, 0.25) is 11.7 Å². The van der Waals surface area contributed by atoms with E-state index in [-0.39, 0.29) is 35.9 Å². The van der Waals surface area contributed by atoms with Crippen LogP contribution in [0.5, 0.6) is 5.75 Å². The molecule has 3 aliphatic heterocycles. The lowest BCUT2D eigenvalue weighted by Gasteiger charge is -2.39. The van der Waals surface area contributed by atoms with Gasteiger partial charge in [0.25, 0.3) is 5.91 Å². The molecule has 0 bridgehead atoms. The van der Waals surface area contributed by atoms with Crippen molar-refractivity contribution >= 4 is 29.3 Å². The number of hydrogen-bond acceptors (Lipinski definition) is 14. The summed E-state index contributed by atoms with van der Waals surface area (Å²) in [5.41, 5.74) is 0.489. The molecule has 1 spiro atoms. The lowest BCUT2D eigenvalue weighted by atomic mass is 9.88. The summed E-state index contributed by atoms with van der Waals surface area (Å²) >= 11 is 6.13. The average Bonchev–Trinajstić information content (AvgIpc) is 3.29. The maximum atomic E-state index is 13.1. The number of carbonyl (C=O) groups is 2. The van der Waals surface area contributed by atoms with Crippen molar-refractivity contribution in [1.29, 1.82) is 0 Å². The van der Waals surface area contributed by atoms with Gasteiger partial charge in [0.15, 0.2) is 23.8 Å². The summed E-state index contributed by atoms with van der Waals surface area (Å²) in [6, 6.07) is 6.22. The van der Waals surface area contributed by atoms with Gasteiger partial charge in [-0.25, -0.2) is 10.0 Å². The fourth-order valence-electron chi connectivity index (χ4n) is 4.90. The molecule has 4 rings (SSSR count). The molecule has 9 N–H and O–H groups in total. The highest BCUT2D eigenvalue weighted by Crippen LogP contribution is 2.28. The summed E-state index contributed by atoms with van der Waals surface area (Å²) in [6.07, 6.45) is 0.863. The van der Waals surface area contributed by atoms with Crippen LogP contribution in [0.2, 0.25) is 0 Å². The molecule has 2 saturated heterocycles. The second kappa shape index (κ2) is 15.0. The van der Waals surface area contributed by atoms with Crippen LogP contribution < -0.4 is 38.2 Å². The average molecular weight is 622 g/mol. The van der Waals surface area contributed by atoms with E-state index in [2.05, 4.69) is 41.6 Å². The fourth-order valence-corrected chi connectivity index (χ4v) is 5.09. The number of rotatable bonds is 11. The number of ether oxygens (including phenoxy) is 3. The molecule has 0 saturated carbocycles. The first-order chi connectivity index (χ1) is 20.8. The topological polar surface area (TPSA) is 244 Å². The quantitative estimate of drug-likeness (QED) is 0.0444. The monoisotopic (exact) mass is 621 g/mol. The molecule has 0 radical (unpaired) electrons. The summed E-state index contributed by atoms with van der Waals surface area (Å²) in [7, 11) is 1.61. The SMILES string of the molecule is COCCOCOc1ccc(CC(=O)N2CCC3(CC2)CN(N)C(NC(=O)C2NC(Cl)=C(N=NN)N=C2N=NN)N3)cc1. The molecular formula is C24H36ClN13O5. The molecule has 3 aliphatic rings. The van der Waals surface area contributed by atoms with Gasteiger partial charge < -0.3 is 41.4 Å². The molecule has 1 aromatic rings. The summed E-state index contributed by atoms with van der Waals surface area (Å²) < 4.78 is 15.7. The van der Waals surface area contributed by atoms with Crippen LogP contribution in [-0.4, -0.2) is 92.2 Å². The van der Waals surface area contributed by atoms with Crippen LogP contribution in [0.1, 0.15) is 18.4 Å². The number of nitrogens with zero attached hydrogens (tertiary/aromatic N) is 7. The number of benzene rings is 1. The summed E-state index contributed by atoms with van der Waals surface area (Å²) in [4.78, 5) is 32.0. The van der Waals surface area contributed by atoms with Crippen LogP contribution in [0.15, 0.2) is 60.9 Å². The Bertz CT molecular complexity index is 1250. The number of nitrogens with one attached hydrogen (secondary N) is 3. The zero-order valence-corrected chi connectivity index (χ0v) is 24.4. The minimum Gasteiger partial charge on any atom is -0.468 e. The number of piperidine rings is 1. The Labute approximate surface area is 252 Å². The maximum Gasteiger partial charge on any atom is 0.252 e. The maximum absolute atomic E-state index is 13.1. The van der Waals surface area contributed by atoms with Crippen molar-refractivity contribution in [3.8, 4) is 5.75 Å². The van der Waals surface area contributed by atoms with E-state index in [0.29, 0.717) is 51.4 Å². The van der Waals surface area contributed by atoms with Crippen LogP contribution in [0.4, 0.5) is 0 Å². The first-order valence-corrected chi connectivity index (χ1v) is 13.8. The molecule has 1 aromatic carbocycles. The van der Waals surface area contributed by atoms with Gasteiger partial charge in [0.05, 0.1) is 19.6 Å². The third kappa shape index (κ3) is 8.33. The standard InChI is InChI=1S/C24H36ClN13O5/c1-41-10-11-42-14-43-16-4-2-15(3-5-16)12-17(39)37-8-6-24(7-9-37)13-38(28)23(32-24)31-22(40)18-20(33-35-26)30-21(34-36-27)19(25)29-18/h2-5,18,23,29,32H,6-14,28H2,1H3,(H2,27,34)(H,31,40)(H2,26,30,33). The van der Waals surface area contributed by atoms with Crippen molar-refractivity contribution in [2.75, 3.05) is 46.8 Å². The van der Waals surface area contributed by atoms with Crippen molar-refractivity contribution in [2.24, 2.45) is 43.2 Å². The highest BCUT2D eigenvalue weighted by molar-refractivity contribution is 6.30. The lowest BCUT2D eigenvalue weighted by Crippen LogP contribution is -2.60. The fraction of sp³-hybridized carbons (Fsp3) is 0.542. The summed E-state index contributed by atoms with van der Waals surface area (Å²) in [6.45, 7) is 2.60. The number of carbonyl (C=O) groups excluding carboxylic acids is 2. The molecule has 2 fully saturated rings. The number of methoxy groups -OCH3 is 1. The third-order valence-electron chi connectivity index (χ3n) is 7.15. The van der Waals surface area contributed by atoms with E-state index in [1.807, 2.05) is 29.2 Å². The van der Waals surface area contributed by atoms with E-state index in [9.17, 15) is 9.59 Å². The molecule has 3 heterocycles. The number of aliphatic imine (C=N–C) groups is 1. The highest BCUT2D eigenvalue weighted by atomic mass is 35.5. The van der Waals surface area contributed by atoms with E-state index in [0.717, 1.165) is 5.56 Å². The van der Waals surface area contributed by atoms with E-state index >= 15 is 0 Å². The molecule has 2 unspecified atom stereocenters. The number of hydrogen-bond donors (Lipinski definition) is 6. The molecular weight excluding hydrogens is 586 g/mol. The number of likely N-dealkylation sites (tertiary alicyclic amines) is 1. The van der Waals surface area contributed by atoms with Crippen LogP contribution in [0, 0.1) is 0 Å². The second-order valence-corrected chi connectivity index (χ2v) is 10.4. The van der Waals surface area contributed by atoms with Gasteiger partial charge in [-0.05, 0) is 30.5 Å². The van der Waals surface area contributed by atoms with Gasteiger partial charge in [-0.15, -0.1) is 10.2 Å². The minimum atomic E-state index is -1.13. The summed E-state index contributed by atoms with van der Waals surface area (Å²) in [5.74, 6) is 16.5. The number of hydrazine groups is 1. The van der Waals surface area contributed by atoms with Crippen molar-refractivity contribution < 1.29 is 23.8 Å². The van der Waals surface area contributed by atoms with Crippen LogP contribution in [0.25, 0.3) is 0 Å². The highest BCUT2D eigenvalue weighted by Gasteiger charge is 2.46. The van der Waals surface area contributed by atoms with Crippen LogP contribution >= 0.6 is 11.6 Å². The molecule has 2 atom stereocenters. The van der Waals surface area contributed by atoms with Crippen molar-refractivity contribution in [1.82, 2.24) is 25.9 Å². The molecule has 234 valence electrons. The van der Waals surface area contributed by atoms with E-state index < -0.39 is 23.8 Å². The Balaban J connectivity index is 1.26. The normalized spacial score (nSPS) is 22.3. The zero-order valence-electron chi connectivity index (χ0n) is 23.6. The first kappa shape index (κ1) is 32.0. The van der Waals surface area contributed by atoms with E-state index in [1.54, 1.807) is 7.11 Å². The molecule has 0 aliphatic carbocycles. The number of halogens is 1. The van der Waals surface area contributed by atoms with Gasteiger partial charge in [-0.3, -0.25) is 20.7 Å². The number of amidine groups is 1. The van der Waals surface area contributed by atoms with Gasteiger partial charge in [0, 0.05) is 32.3 Å². The summed E-state index contributed by atoms with van der Waals surface area (Å²) in [5, 5.41) is 24.0. The van der Waals surface area contributed by atoms with Gasteiger partial charge in [0.1, 0.15) is 12.0 Å². The molecule has 18 nitrogen and oxygen atoms in total. The molecule has 43 heavy (non-hydrogen) atoms. The van der Waals surface area contributed by atoms with E-state index in [1.165, 1.54) is 5.01 Å². The zero-order chi connectivity index (χ0) is 30.8. The smallest absolute Gasteiger partial charge is 0.252 e. The second-order valence-electron chi connectivity index (χ2n) is 9.99. The Morgan fingerprint density at radius 1 is 1.16 bits per heavy atom. The largest absolute Gasteiger partial charge is 0.468 e.